The summed E-state index contributed by atoms with van der Waals surface area (Å²) in [6.07, 6.45) is 0. The van der Waals surface area contributed by atoms with Gasteiger partial charge in [-0.15, -0.1) is 0 Å². The predicted octanol–water partition coefficient (Wildman–Crippen LogP) is 15.4. The first-order valence-electron chi connectivity index (χ1n) is 23.6. The zero-order valence-corrected chi connectivity index (χ0v) is 39.2. The highest BCUT2D eigenvalue weighted by molar-refractivity contribution is 6.14. The van der Waals surface area contributed by atoms with Gasteiger partial charge in [-0.3, -0.25) is 0 Å². The second-order valence-corrected chi connectivity index (χ2v) is 18.1. The number of fused-ring (bicyclic) bond motifs is 6. The molecule has 12 rings (SSSR count). The predicted molar refractivity (Wildman–Crippen MR) is 291 cm³/mol. The standard InChI is InChI=1S/C66H34N8/c67-35-41-6-1-11-46(24-41)50-16-20-61-57(29-50)58-30-51(47-12-2-7-42(25-47)36-68)17-21-62(58)73(61)65-34-56(54-15-5-10-45(28-54)39-71)66(33-55(65)40-72)74-63-22-18-52(48-13-3-8-43(26-48)37-69)31-59(63)60-32-53(19-23-64(60)74)49-14-4-9-44(27-49)38-70/h1-34H. The number of rotatable bonds is 7. The Bertz CT molecular complexity index is 4410. The first kappa shape index (κ1) is 44.0. The molecule has 0 radical (unpaired) electrons. The fraction of sp³-hybridized carbons (Fsp3) is 0. The SMILES string of the molecule is N#Cc1cccc(-c2ccc3c(c2)c2cc(-c4cccc(C#N)c4)ccc2n3-c2cc(-c3cccc(C#N)c3)c(-n3c4ccc(-c5cccc(C#N)c5)cc4c4cc(-c5cccc(C#N)c5)ccc43)cc2C#N)c1. The van der Waals surface area contributed by atoms with Crippen molar-refractivity contribution in [2.45, 2.75) is 0 Å². The third kappa shape index (κ3) is 7.44. The van der Waals surface area contributed by atoms with Crippen molar-refractivity contribution >= 4 is 43.6 Å². The van der Waals surface area contributed by atoms with E-state index in [2.05, 4.69) is 112 Å². The van der Waals surface area contributed by atoms with Crippen LogP contribution in [0.2, 0.25) is 0 Å². The van der Waals surface area contributed by atoms with E-state index in [1.54, 1.807) is 30.3 Å². The van der Waals surface area contributed by atoms with E-state index in [9.17, 15) is 31.6 Å². The molecule has 74 heavy (non-hydrogen) atoms. The van der Waals surface area contributed by atoms with E-state index in [0.717, 1.165) is 105 Å². The summed E-state index contributed by atoms with van der Waals surface area (Å²) >= 11 is 0. The van der Waals surface area contributed by atoms with E-state index < -0.39 is 0 Å². The van der Waals surface area contributed by atoms with Crippen molar-refractivity contribution in [2.75, 3.05) is 0 Å². The molecule has 0 bridgehead atoms. The van der Waals surface area contributed by atoms with E-state index in [1.165, 1.54) is 0 Å². The van der Waals surface area contributed by atoms with Crippen molar-refractivity contribution in [1.29, 1.82) is 31.6 Å². The van der Waals surface area contributed by atoms with Crippen LogP contribution < -0.4 is 0 Å². The lowest BCUT2D eigenvalue weighted by atomic mass is 9.97. The Labute approximate surface area is 425 Å². The lowest BCUT2D eigenvalue weighted by molar-refractivity contribution is 1.14. The Balaban J connectivity index is 1.15. The molecule has 2 heterocycles. The summed E-state index contributed by atoms with van der Waals surface area (Å²) in [6, 6.07) is 80.7. The van der Waals surface area contributed by atoms with Gasteiger partial charge in [0.25, 0.3) is 0 Å². The Morgan fingerprint density at radius 3 is 0.838 bits per heavy atom. The first-order valence-corrected chi connectivity index (χ1v) is 23.6. The third-order valence-electron chi connectivity index (χ3n) is 13.8. The van der Waals surface area contributed by atoms with Crippen molar-refractivity contribution in [3.8, 4) is 103 Å². The van der Waals surface area contributed by atoms with Crippen molar-refractivity contribution in [1.82, 2.24) is 9.13 Å². The van der Waals surface area contributed by atoms with E-state index in [1.807, 2.05) is 109 Å². The van der Waals surface area contributed by atoms with Gasteiger partial charge in [0.15, 0.2) is 0 Å². The van der Waals surface area contributed by atoms with Crippen LogP contribution in [0, 0.1) is 68.0 Å². The summed E-state index contributed by atoms with van der Waals surface area (Å²) in [5.74, 6) is 0. The van der Waals surface area contributed by atoms with E-state index in [-0.39, 0.29) is 0 Å². The van der Waals surface area contributed by atoms with Gasteiger partial charge in [-0.2, -0.15) is 31.6 Å². The molecule has 0 N–H and O–H groups in total. The second-order valence-electron chi connectivity index (χ2n) is 18.1. The largest absolute Gasteiger partial charge is 0.309 e. The highest BCUT2D eigenvalue weighted by Gasteiger charge is 2.24. The second kappa shape index (κ2) is 17.9. The van der Waals surface area contributed by atoms with Gasteiger partial charge in [0, 0.05) is 27.1 Å². The van der Waals surface area contributed by atoms with Gasteiger partial charge in [0.2, 0.25) is 0 Å². The topological polar surface area (TPSA) is 153 Å². The van der Waals surface area contributed by atoms with Gasteiger partial charge in [0.05, 0.1) is 97.2 Å². The molecule has 0 amide bonds. The van der Waals surface area contributed by atoms with Crippen molar-refractivity contribution in [3.05, 3.63) is 240 Å². The van der Waals surface area contributed by atoms with Crippen LogP contribution in [0.4, 0.5) is 0 Å². The molecule has 0 saturated carbocycles. The van der Waals surface area contributed by atoms with Gasteiger partial charge < -0.3 is 9.13 Å². The number of hydrogen-bond acceptors (Lipinski definition) is 6. The minimum Gasteiger partial charge on any atom is -0.309 e. The lowest BCUT2D eigenvalue weighted by Crippen LogP contribution is -2.04. The Hall–Kier alpha value is -11.3. The zero-order chi connectivity index (χ0) is 50.5. The quantitative estimate of drug-likeness (QED) is 0.155. The molecule has 0 aliphatic heterocycles. The molecule has 0 saturated heterocycles. The van der Waals surface area contributed by atoms with Crippen molar-refractivity contribution in [3.63, 3.8) is 0 Å². The Kier molecular flexibility index (Phi) is 10.7. The maximum Gasteiger partial charge on any atom is 0.101 e. The fourth-order valence-corrected chi connectivity index (χ4v) is 10.4. The van der Waals surface area contributed by atoms with Gasteiger partial charge in [-0.05, 0) is 171 Å². The van der Waals surface area contributed by atoms with Crippen LogP contribution >= 0.6 is 0 Å². The van der Waals surface area contributed by atoms with Crippen LogP contribution in [0.25, 0.3) is 111 Å². The van der Waals surface area contributed by atoms with Crippen molar-refractivity contribution < 1.29 is 0 Å². The Morgan fingerprint density at radius 2 is 0.527 bits per heavy atom. The summed E-state index contributed by atoms with van der Waals surface area (Å²) in [6.45, 7) is 0. The molecule has 338 valence electrons. The lowest BCUT2D eigenvalue weighted by Gasteiger charge is -2.19. The van der Waals surface area contributed by atoms with Crippen LogP contribution in [0.15, 0.2) is 206 Å². The van der Waals surface area contributed by atoms with Gasteiger partial charge in [-0.1, -0.05) is 84.9 Å². The number of nitrogens with zero attached hydrogens (tertiary/aromatic N) is 8. The molecule has 2 aromatic heterocycles. The summed E-state index contributed by atoms with van der Waals surface area (Å²) in [5, 5.41) is 64.7. The number of hydrogen-bond donors (Lipinski definition) is 0. The van der Waals surface area contributed by atoms with Crippen LogP contribution in [0.3, 0.4) is 0 Å². The minimum absolute atomic E-state index is 0.403. The van der Waals surface area contributed by atoms with Crippen molar-refractivity contribution in [2.24, 2.45) is 0 Å². The molecule has 0 atom stereocenters. The molecule has 10 aromatic carbocycles. The monoisotopic (exact) mass is 938 g/mol. The van der Waals surface area contributed by atoms with Crippen LogP contribution in [-0.4, -0.2) is 9.13 Å². The van der Waals surface area contributed by atoms with Gasteiger partial charge in [-0.25, -0.2) is 0 Å². The molecule has 0 unspecified atom stereocenters. The maximum atomic E-state index is 11.4. The fourth-order valence-electron chi connectivity index (χ4n) is 10.4. The molecular formula is C66H34N8. The normalized spacial score (nSPS) is 10.9. The van der Waals surface area contributed by atoms with Crippen LogP contribution in [-0.2, 0) is 0 Å². The Morgan fingerprint density at radius 1 is 0.243 bits per heavy atom. The molecule has 0 aliphatic carbocycles. The average molecular weight is 939 g/mol. The van der Waals surface area contributed by atoms with Gasteiger partial charge in [0.1, 0.15) is 6.07 Å². The molecule has 0 spiro atoms. The summed E-state index contributed by atoms with van der Waals surface area (Å²) < 4.78 is 4.31. The summed E-state index contributed by atoms with van der Waals surface area (Å²) in [7, 11) is 0. The average Bonchev–Trinajstić information content (AvgIpc) is 4.00. The zero-order valence-electron chi connectivity index (χ0n) is 39.2. The molecule has 8 nitrogen and oxygen atoms in total. The third-order valence-corrected chi connectivity index (χ3v) is 13.8. The molecule has 0 aliphatic rings. The number of nitriles is 6. The number of benzene rings is 10. The highest BCUT2D eigenvalue weighted by atomic mass is 15.0. The smallest absolute Gasteiger partial charge is 0.101 e. The summed E-state index contributed by atoms with van der Waals surface area (Å²) in [4.78, 5) is 0. The minimum atomic E-state index is 0.403. The molecule has 0 fully saturated rings. The van der Waals surface area contributed by atoms with E-state index in [0.29, 0.717) is 39.1 Å². The number of aromatic nitrogens is 2. The van der Waals surface area contributed by atoms with Crippen LogP contribution in [0.1, 0.15) is 33.4 Å². The van der Waals surface area contributed by atoms with E-state index >= 15 is 0 Å². The van der Waals surface area contributed by atoms with Gasteiger partial charge >= 0.3 is 0 Å². The van der Waals surface area contributed by atoms with Crippen LogP contribution in [0.5, 0.6) is 0 Å². The maximum absolute atomic E-state index is 11.4. The molecule has 8 heteroatoms. The summed E-state index contributed by atoms with van der Waals surface area (Å²) in [5.41, 5.74) is 16.7. The molecular weight excluding hydrogens is 905 g/mol. The molecule has 12 aromatic rings. The highest BCUT2D eigenvalue weighted by Crippen LogP contribution is 2.44. The first-order chi connectivity index (χ1) is 36.4. The van der Waals surface area contributed by atoms with E-state index in [4.69, 9.17) is 0 Å².